The fraction of sp³-hybridized carbons (Fsp3) is 0.857. The summed E-state index contributed by atoms with van der Waals surface area (Å²) in [7, 11) is -1.32. The molecule has 0 rings (SSSR count). The Morgan fingerprint density at radius 3 is 1.94 bits per heavy atom. The van der Waals surface area contributed by atoms with Gasteiger partial charge < -0.3 is 8.85 Å². The lowest BCUT2D eigenvalue weighted by Crippen LogP contribution is -2.22. The lowest BCUT2D eigenvalue weighted by atomic mass is 10.1. The van der Waals surface area contributed by atoms with Gasteiger partial charge in [0.2, 0.25) is 0 Å². The topological polar surface area (TPSA) is 18.5 Å². The summed E-state index contributed by atoms with van der Waals surface area (Å²) in [6, 6.07) is 1.17. The van der Waals surface area contributed by atoms with E-state index in [1.165, 1.54) is 51.0 Å². The number of hydrogen-bond acceptors (Lipinski definition) is 2. The van der Waals surface area contributed by atoms with Crippen LogP contribution in [0.2, 0.25) is 6.04 Å². The van der Waals surface area contributed by atoms with E-state index in [1.54, 1.807) is 0 Å². The van der Waals surface area contributed by atoms with Crippen LogP contribution in [0.5, 0.6) is 0 Å². The second-order valence-corrected chi connectivity index (χ2v) is 6.43. The maximum Gasteiger partial charge on any atom is 0.321 e. The summed E-state index contributed by atoms with van der Waals surface area (Å²) in [5, 5.41) is 0. The van der Waals surface area contributed by atoms with Crippen LogP contribution in [0.3, 0.4) is 0 Å². The van der Waals surface area contributed by atoms with Gasteiger partial charge in [-0.3, -0.25) is 0 Å². The van der Waals surface area contributed by atoms with E-state index in [9.17, 15) is 0 Å². The Morgan fingerprint density at radius 1 is 0.882 bits per heavy atom. The van der Waals surface area contributed by atoms with Crippen molar-refractivity contribution in [2.45, 2.75) is 64.8 Å². The molecule has 0 aliphatic heterocycles. The Bertz CT molecular complexity index is 156. The highest BCUT2D eigenvalue weighted by Crippen LogP contribution is 2.11. The van der Waals surface area contributed by atoms with Gasteiger partial charge >= 0.3 is 9.28 Å². The molecule has 0 fully saturated rings. The molecule has 0 aromatic carbocycles. The molecule has 0 atom stereocenters. The normalized spacial score (nSPS) is 11.0. The van der Waals surface area contributed by atoms with Crippen molar-refractivity contribution >= 4 is 9.28 Å². The molecular weight excluding hydrogens is 228 g/mol. The Hall–Kier alpha value is -0.123. The average Bonchev–Trinajstić information content (AvgIpc) is 2.33. The Balaban J connectivity index is 3.26. The first-order valence-electron chi connectivity index (χ1n) is 7.19. The summed E-state index contributed by atoms with van der Waals surface area (Å²) in [4.78, 5) is 0. The first kappa shape index (κ1) is 16.9. The van der Waals surface area contributed by atoms with Crippen LogP contribution < -0.4 is 0 Å². The van der Waals surface area contributed by atoms with E-state index < -0.39 is 9.28 Å². The molecule has 0 aliphatic carbocycles. The molecule has 17 heavy (non-hydrogen) atoms. The van der Waals surface area contributed by atoms with Gasteiger partial charge in [0.1, 0.15) is 0 Å². The van der Waals surface area contributed by atoms with Crippen LogP contribution in [-0.2, 0) is 8.85 Å². The van der Waals surface area contributed by atoms with Crippen LogP contribution in [-0.4, -0.2) is 22.5 Å². The van der Waals surface area contributed by atoms with Crippen molar-refractivity contribution in [3.63, 3.8) is 0 Å². The highest BCUT2D eigenvalue weighted by molar-refractivity contribution is 6.44. The van der Waals surface area contributed by atoms with E-state index in [1.807, 2.05) is 6.08 Å². The van der Waals surface area contributed by atoms with Crippen molar-refractivity contribution in [1.82, 2.24) is 0 Å². The van der Waals surface area contributed by atoms with Crippen LogP contribution in [0.25, 0.3) is 0 Å². The maximum atomic E-state index is 5.65. The van der Waals surface area contributed by atoms with E-state index in [0.29, 0.717) is 0 Å². The third-order valence-electron chi connectivity index (χ3n) is 2.80. The molecule has 0 unspecified atom stereocenters. The van der Waals surface area contributed by atoms with E-state index >= 15 is 0 Å². The standard InChI is InChI=1S/C14H30O2Si/c1-4-7-8-9-10-11-12-13-14-17(15-5-2)16-6-3/h4,17H,1,5-14H2,2-3H3. The van der Waals surface area contributed by atoms with Gasteiger partial charge in [-0.25, -0.2) is 0 Å². The lowest BCUT2D eigenvalue weighted by molar-refractivity contribution is 0.212. The predicted molar refractivity (Wildman–Crippen MR) is 77.7 cm³/mol. The first-order valence-corrected chi connectivity index (χ1v) is 8.95. The van der Waals surface area contributed by atoms with Crippen LogP contribution >= 0.6 is 0 Å². The molecule has 0 aromatic rings. The summed E-state index contributed by atoms with van der Waals surface area (Å²) in [6.45, 7) is 9.46. The molecule has 0 amide bonds. The van der Waals surface area contributed by atoms with E-state index in [4.69, 9.17) is 8.85 Å². The monoisotopic (exact) mass is 258 g/mol. The summed E-state index contributed by atoms with van der Waals surface area (Å²) >= 11 is 0. The van der Waals surface area contributed by atoms with Crippen molar-refractivity contribution in [2.75, 3.05) is 13.2 Å². The Kier molecular flexibility index (Phi) is 13.8. The number of rotatable bonds is 13. The predicted octanol–water partition coefficient (Wildman–Crippen LogP) is 4.20. The average molecular weight is 258 g/mol. The van der Waals surface area contributed by atoms with Gasteiger partial charge in [-0.1, -0.05) is 38.2 Å². The lowest BCUT2D eigenvalue weighted by Gasteiger charge is -2.14. The van der Waals surface area contributed by atoms with Crippen molar-refractivity contribution in [2.24, 2.45) is 0 Å². The molecule has 2 nitrogen and oxygen atoms in total. The van der Waals surface area contributed by atoms with Crippen LogP contribution in [0, 0.1) is 0 Å². The summed E-state index contributed by atoms with van der Waals surface area (Å²) in [6.07, 6.45) is 11.2. The van der Waals surface area contributed by atoms with Crippen LogP contribution in [0.15, 0.2) is 12.7 Å². The van der Waals surface area contributed by atoms with E-state index in [2.05, 4.69) is 20.4 Å². The largest absolute Gasteiger partial charge is 0.397 e. The second kappa shape index (κ2) is 13.9. The number of unbranched alkanes of at least 4 members (excludes halogenated alkanes) is 6. The molecular formula is C14H30O2Si. The molecule has 0 aromatic heterocycles. The minimum atomic E-state index is -1.32. The highest BCUT2D eigenvalue weighted by Gasteiger charge is 2.10. The van der Waals surface area contributed by atoms with Crippen molar-refractivity contribution in [3.05, 3.63) is 12.7 Å². The minimum absolute atomic E-state index is 0.804. The number of allylic oxidation sites excluding steroid dienone is 1. The third-order valence-corrected chi connectivity index (χ3v) is 5.09. The van der Waals surface area contributed by atoms with Crippen molar-refractivity contribution in [1.29, 1.82) is 0 Å². The van der Waals surface area contributed by atoms with E-state index in [0.717, 1.165) is 13.2 Å². The second-order valence-electron chi connectivity index (χ2n) is 4.33. The molecule has 0 N–H and O–H groups in total. The zero-order valence-corrected chi connectivity index (χ0v) is 12.9. The molecule has 0 heterocycles. The van der Waals surface area contributed by atoms with Gasteiger partial charge in [-0.15, -0.1) is 6.58 Å². The summed E-state index contributed by atoms with van der Waals surface area (Å²) in [5.74, 6) is 0. The van der Waals surface area contributed by atoms with Crippen molar-refractivity contribution in [3.8, 4) is 0 Å². The first-order chi connectivity index (χ1) is 8.35. The quantitative estimate of drug-likeness (QED) is 0.280. The summed E-state index contributed by atoms with van der Waals surface area (Å²) in [5.41, 5.74) is 0. The van der Waals surface area contributed by atoms with E-state index in [-0.39, 0.29) is 0 Å². The Morgan fingerprint density at radius 2 is 1.41 bits per heavy atom. The fourth-order valence-electron chi connectivity index (χ4n) is 1.89. The maximum absolute atomic E-state index is 5.65. The zero-order chi connectivity index (χ0) is 12.8. The molecule has 102 valence electrons. The minimum Gasteiger partial charge on any atom is -0.397 e. The molecule has 0 saturated carbocycles. The van der Waals surface area contributed by atoms with Crippen LogP contribution in [0.1, 0.15) is 58.8 Å². The van der Waals surface area contributed by atoms with Crippen LogP contribution in [0.4, 0.5) is 0 Å². The smallest absolute Gasteiger partial charge is 0.321 e. The zero-order valence-electron chi connectivity index (χ0n) is 11.7. The molecule has 0 saturated heterocycles. The SMILES string of the molecule is C=CCCCCCCCC[SiH](OCC)OCC. The molecule has 3 heteroatoms. The van der Waals surface area contributed by atoms with Crippen molar-refractivity contribution < 1.29 is 8.85 Å². The third kappa shape index (κ3) is 12.1. The van der Waals surface area contributed by atoms with Gasteiger partial charge in [-0.2, -0.15) is 0 Å². The highest BCUT2D eigenvalue weighted by atomic mass is 28.3. The van der Waals surface area contributed by atoms with Gasteiger partial charge in [-0.05, 0) is 32.7 Å². The Labute approximate surface area is 109 Å². The number of hydrogen-bond donors (Lipinski definition) is 0. The van der Waals surface area contributed by atoms with Gasteiger partial charge in [0.05, 0.1) is 0 Å². The molecule has 0 aliphatic rings. The summed E-state index contributed by atoms with van der Waals surface area (Å²) < 4.78 is 11.3. The van der Waals surface area contributed by atoms with Gasteiger partial charge in [0.25, 0.3) is 0 Å². The molecule has 0 spiro atoms. The van der Waals surface area contributed by atoms with Gasteiger partial charge in [0, 0.05) is 13.2 Å². The molecule has 0 radical (unpaired) electrons. The van der Waals surface area contributed by atoms with Gasteiger partial charge in [0.15, 0.2) is 0 Å². The fourth-order valence-corrected chi connectivity index (χ4v) is 3.69. The molecule has 0 bridgehead atoms.